The summed E-state index contributed by atoms with van der Waals surface area (Å²) >= 11 is -2.00. The predicted molar refractivity (Wildman–Crippen MR) is 46.6 cm³/mol. The van der Waals surface area contributed by atoms with Crippen LogP contribution in [0.1, 0.15) is 0 Å². The lowest BCUT2D eigenvalue weighted by Gasteiger charge is -1.90. The second kappa shape index (κ2) is 4.78. The molecule has 0 aliphatic rings. The maximum atomic E-state index is 12.5. The molecule has 0 saturated carbocycles. The first-order valence-electron chi connectivity index (χ1n) is 3.39. The van der Waals surface area contributed by atoms with Crippen molar-refractivity contribution in [3.05, 3.63) is 30.1 Å². The lowest BCUT2D eigenvalue weighted by molar-refractivity contribution is 0.564. The highest BCUT2D eigenvalue weighted by Crippen LogP contribution is 2.12. The van der Waals surface area contributed by atoms with Crippen molar-refractivity contribution in [3.8, 4) is 0 Å². The maximum Gasteiger partial charge on any atom is 0.177 e. The van der Waals surface area contributed by atoms with Crippen LogP contribution in [0.5, 0.6) is 0 Å². The Morgan fingerprint density at radius 2 is 2.31 bits per heavy atom. The van der Waals surface area contributed by atoms with Gasteiger partial charge in [0.15, 0.2) is 17.0 Å². The van der Waals surface area contributed by atoms with E-state index >= 15 is 0 Å². The fraction of sp³-hybridized carbons (Fsp3) is 0.143. The van der Waals surface area contributed by atoms with Crippen LogP contribution in [0.3, 0.4) is 0 Å². The molecule has 0 aromatic heterocycles. The highest BCUT2D eigenvalue weighted by molar-refractivity contribution is 7.79. The number of hydrogen-bond donors (Lipinski definition) is 1. The molecule has 0 fully saturated rings. The Hall–Kier alpha value is -1.14. The first-order chi connectivity index (χ1) is 6.18. The van der Waals surface area contributed by atoms with Gasteiger partial charge in [-0.2, -0.15) is 10.2 Å². The first-order valence-corrected chi connectivity index (χ1v) is 4.66. The van der Waals surface area contributed by atoms with Crippen molar-refractivity contribution in [2.24, 2.45) is 10.2 Å². The predicted octanol–water partition coefficient (Wildman–Crippen LogP) is 2.09. The van der Waals surface area contributed by atoms with Crippen LogP contribution in [0.4, 0.5) is 10.1 Å². The van der Waals surface area contributed by atoms with Crippen molar-refractivity contribution in [2.45, 2.75) is 0 Å². The average molecular weight is 202 g/mol. The number of rotatable bonds is 3. The summed E-state index contributed by atoms with van der Waals surface area (Å²) in [4.78, 5) is 0. The average Bonchev–Trinajstić information content (AvgIpc) is 2.03. The molecule has 6 heteroatoms. The Morgan fingerprint density at radius 3 is 2.92 bits per heavy atom. The zero-order chi connectivity index (χ0) is 9.68. The topological polar surface area (TPSA) is 62.0 Å². The minimum absolute atomic E-state index is 0.295. The van der Waals surface area contributed by atoms with E-state index < -0.39 is 16.9 Å². The molecule has 1 unspecified atom stereocenters. The van der Waals surface area contributed by atoms with Crippen LogP contribution in [0.15, 0.2) is 34.5 Å². The number of nitrogens with zero attached hydrogens (tertiary/aromatic N) is 2. The van der Waals surface area contributed by atoms with E-state index in [0.717, 1.165) is 0 Å². The standard InChI is InChI=1S/C7H7FN2O2S/c8-6-2-1-3-7(4-6)10-9-5-13(11)12/h1-4H,5H2,(H,11,12). The fourth-order valence-corrected chi connectivity index (χ4v) is 0.855. The third kappa shape index (κ3) is 3.86. The third-order valence-corrected chi connectivity index (χ3v) is 1.50. The number of hydrogen-bond acceptors (Lipinski definition) is 3. The van der Waals surface area contributed by atoms with E-state index in [9.17, 15) is 8.60 Å². The molecule has 0 amide bonds. The van der Waals surface area contributed by atoms with Gasteiger partial charge in [-0.1, -0.05) is 6.07 Å². The minimum atomic E-state index is -2.00. The van der Waals surface area contributed by atoms with Crippen LogP contribution in [-0.2, 0) is 11.1 Å². The summed E-state index contributed by atoms with van der Waals surface area (Å²) in [5, 5.41) is 6.93. The van der Waals surface area contributed by atoms with E-state index in [1.807, 2.05) is 0 Å². The molecule has 0 saturated heterocycles. The third-order valence-electron chi connectivity index (χ3n) is 1.16. The molecule has 0 aliphatic heterocycles. The van der Waals surface area contributed by atoms with Gasteiger partial charge in [-0.05, 0) is 12.1 Å². The normalized spacial score (nSPS) is 13.4. The highest BCUT2D eigenvalue weighted by Gasteiger charge is 1.92. The van der Waals surface area contributed by atoms with E-state index in [-0.39, 0.29) is 5.88 Å². The lowest BCUT2D eigenvalue weighted by atomic mass is 10.3. The van der Waals surface area contributed by atoms with E-state index in [1.54, 1.807) is 6.07 Å². The Labute approximate surface area is 76.8 Å². The van der Waals surface area contributed by atoms with Gasteiger partial charge in [0.05, 0.1) is 5.69 Å². The zero-order valence-electron chi connectivity index (χ0n) is 6.55. The van der Waals surface area contributed by atoms with Crippen molar-refractivity contribution in [3.63, 3.8) is 0 Å². The first kappa shape index (κ1) is 9.94. The van der Waals surface area contributed by atoms with E-state index in [0.29, 0.717) is 5.69 Å². The Kier molecular flexibility index (Phi) is 3.66. The molecule has 0 aliphatic carbocycles. The van der Waals surface area contributed by atoms with Gasteiger partial charge < -0.3 is 4.55 Å². The molecule has 0 spiro atoms. The van der Waals surface area contributed by atoms with Crippen LogP contribution in [0, 0.1) is 5.82 Å². The van der Waals surface area contributed by atoms with Gasteiger partial charge in [-0.25, -0.2) is 8.60 Å². The Morgan fingerprint density at radius 1 is 1.54 bits per heavy atom. The molecule has 1 aromatic rings. The van der Waals surface area contributed by atoms with Crippen molar-refractivity contribution in [1.29, 1.82) is 0 Å². The largest absolute Gasteiger partial charge is 0.305 e. The van der Waals surface area contributed by atoms with Gasteiger partial charge in [0, 0.05) is 6.07 Å². The summed E-state index contributed by atoms with van der Waals surface area (Å²) in [5.41, 5.74) is 0.324. The van der Waals surface area contributed by atoms with Crippen molar-refractivity contribution in [1.82, 2.24) is 0 Å². The molecule has 13 heavy (non-hydrogen) atoms. The fourth-order valence-electron chi connectivity index (χ4n) is 0.698. The van der Waals surface area contributed by atoms with E-state index in [1.165, 1.54) is 18.2 Å². The summed E-state index contributed by atoms with van der Waals surface area (Å²) in [6.45, 7) is 0. The number of azo groups is 1. The van der Waals surface area contributed by atoms with Crippen LogP contribution < -0.4 is 0 Å². The maximum absolute atomic E-state index is 12.5. The summed E-state index contributed by atoms with van der Waals surface area (Å²) in [5.74, 6) is -0.710. The molecular formula is C7H7FN2O2S. The smallest absolute Gasteiger partial charge is 0.177 e. The molecule has 1 atom stereocenters. The van der Waals surface area contributed by atoms with Crippen molar-refractivity contribution in [2.75, 3.05) is 5.88 Å². The lowest BCUT2D eigenvalue weighted by Crippen LogP contribution is -1.88. The summed E-state index contributed by atoms with van der Waals surface area (Å²) in [6, 6.07) is 5.50. The second-order valence-corrected chi connectivity index (χ2v) is 3.07. The quantitative estimate of drug-likeness (QED) is 0.602. The van der Waals surface area contributed by atoms with Crippen molar-refractivity contribution < 1.29 is 13.2 Å². The van der Waals surface area contributed by atoms with E-state index in [4.69, 9.17) is 4.55 Å². The van der Waals surface area contributed by atoms with Gasteiger partial charge in [-0.15, -0.1) is 0 Å². The molecule has 1 rings (SSSR count). The second-order valence-electron chi connectivity index (χ2n) is 2.17. The van der Waals surface area contributed by atoms with E-state index in [2.05, 4.69) is 10.2 Å². The molecule has 1 aromatic carbocycles. The Balaban J connectivity index is 2.63. The molecule has 0 heterocycles. The highest BCUT2D eigenvalue weighted by atomic mass is 32.2. The number of halogens is 1. The van der Waals surface area contributed by atoms with Gasteiger partial charge in [-0.3, -0.25) is 0 Å². The van der Waals surface area contributed by atoms with Crippen LogP contribution >= 0.6 is 0 Å². The monoisotopic (exact) mass is 202 g/mol. The van der Waals surface area contributed by atoms with Crippen LogP contribution in [0.2, 0.25) is 0 Å². The molecule has 70 valence electrons. The van der Waals surface area contributed by atoms with Gasteiger partial charge in [0.25, 0.3) is 0 Å². The number of benzene rings is 1. The summed E-state index contributed by atoms with van der Waals surface area (Å²) < 4.78 is 31.0. The van der Waals surface area contributed by atoms with Crippen molar-refractivity contribution >= 4 is 16.8 Å². The molecule has 0 radical (unpaired) electrons. The van der Waals surface area contributed by atoms with Gasteiger partial charge in [0.2, 0.25) is 0 Å². The summed E-state index contributed by atoms with van der Waals surface area (Å²) in [7, 11) is 0. The molecule has 1 N–H and O–H groups in total. The molecular weight excluding hydrogens is 195 g/mol. The summed E-state index contributed by atoms with van der Waals surface area (Å²) in [6.07, 6.45) is 0. The Bertz CT molecular complexity index is 343. The van der Waals surface area contributed by atoms with Crippen LogP contribution in [0.25, 0.3) is 0 Å². The van der Waals surface area contributed by atoms with Gasteiger partial charge >= 0.3 is 0 Å². The zero-order valence-corrected chi connectivity index (χ0v) is 7.37. The molecule has 4 nitrogen and oxygen atoms in total. The minimum Gasteiger partial charge on any atom is -0.305 e. The molecule has 0 bridgehead atoms. The van der Waals surface area contributed by atoms with Crippen LogP contribution in [-0.4, -0.2) is 14.6 Å². The SMILES string of the molecule is O=S(O)CN=Nc1cccc(F)c1. The van der Waals surface area contributed by atoms with Gasteiger partial charge in [0.1, 0.15) is 5.82 Å².